The van der Waals surface area contributed by atoms with Gasteiger partial charge in [0.1, 0.15) is 12.7 Å². The van der Waals surface area contributed by atoms with Crippen LogP contribution in [-0.2, 0) is 32.7 Å². The number of rotatable bonds is 46. The second kappa shape index (κ2) is 48.8. The van der Waals surface area contributed by atoms with Gasteiger partial charge in [0.25, 0.3) is 0 Å². The molecule has 0 aliphatic heterocycles. The number of hydrogen-bond acceptors (Lipinski definition) is 9. The van der Waals surface area contributed by atoms with Crippen molar-refractivity contribution in [1.82, 2.24) is 0 Å². The number of aliphatic hydroxyl groups excluding tert-OH is 2. The smallest absolute Gasteiger partial charge is 0.462 e. The molecule has 11 heteroatoms. The quantitative estimate of drug-likeness (QED) is 0.0233. The maximum atomic E-state index is 12.7. The molecule has 0 aliphatic carbocycles. The number of allylic oxidation sites excluding steroid dienone is 16. The molecule has 65 heavy (non-hydrogen) atoms. The molecule has 3 unspecified atom stereocenters. The van der Waals surface area contributed by atoms with E-state index in [-0.39, 0.29) is 19.4 Å². The Morgan fingerprint density at radius 1 is 0.462 bits per heavy atom. The third kappa shape index (κ3) is 48.6. The molecule has 0 bridgehead atoms. The average Bonchev–Trinajstić information content (AvgIpc) is 3.30. The molecule has 0 fully saturated rings. The minimum absolute atomic E-state index is 0.167. The Labute approximate surface area is 395 Å². The van der Waals surface area contributed by atoms with Gasteiger partial charge in [-0.25, -0.2) is 4.57 Å². The highest BCUT2D eigenvalue weighted by molar-refractivity contribution is 7.47. The van der Waals surface area contributed by atoms with Crippen LogP contribution < -0.4 is 0 Å². The highest BCUT2D eigenvalue weighted by atomic mass is 31.2. The summed E-state index contributed by atoms with van der Waals surface area (Å²) in [6, 6.07) is 0. The summed E-state index contributed by atoms with van der Waals surface area (Å²) in [4.78, 5) is 35.2. The van der Waals surface area contributed by atoms with Crippen LogP contribution in [0.15, 0.2) is 97.2 Å². The summed E-state index contributed by atoms with van der Waals surface area (Å²) in [5.74, 6) is -0.948. The molecule has 3 atom stereocenters. The fourth-order valence-electron chi connectivity index (χ4n) is 6.45. The first-order chi connectivity index (χ1) is 31.7. The van der Waals surface area contributed by atoms with E-state index >= 15 is 0 Å². The first kappa shape index (κ1) is 61.9. The molecule has 10 nitrogen and oxygen atoms in total. The van der Waals surface area contributed by atoms with Gasteiger partial charge in [0.05, 0.1) is 19.8 Å². The fourth-order valence-corrected chi connectivity index (χ4v) is 7.24. The van der Waals surface area contributed by atoms with Crippen LogP contribution >= 0.6 is 7.82 Å². The van der Waals surface area contributed by atoms with Crippen molar-refractivity contribution < 1.29 is 47.8 Å². The third-order valence-electron chi connectivity index (χ3n) is 10.2. The Bertz CT molecular complexity index is 1400. The Hall–Kier alpha value is -3.11. The van der Waals surface area contributed by atoms with Crippen LogP contribution in [0.4, 0.5) is 0 Å². The molecule has 372 valence electrons. The number of carbonyl (C=O) groups is 2. The normalized spacial score (nSPS) is 14.5. The maximum Gasteiger partial charge on any atom is 0.472 e. The largest absolute Gasteiger partial charge is 0.472 e. The zero-order chi connectivity index (χ0) is 47.6. The van der Waals surface area contributed by atoms with Gasteiger partial charge in [-0.1, -0.05) is 188 Å². The monoisotopic (exact) mass is 931 g/mol. The lowest BCUT2D eigenvalue weighted by Crippen LogP contribution is -2.29. The van der Waals surface area contributed by atoms with Crippen molar-refractivity contribution in [3.63, 3.8) is 0 Å². The number of unbranched alkanes of at least 4 members (excludes halogenated alkanes) is 16. The summed E-state index contributed by atoms with van der Waals surface area (Å²) in [6.07, 6.45) is 60.8. The topological polar surface area (TPSA) is 149 Å². The molecule has 0 spiro atoms. The van der Waals surface area contributed by atoms with Crippen LogP contribution in [0.3, 0.4) is 0 Å². The van der Waals surface area contributed by atoms with Crippen molar-refractivity contribution in [3.8, 4) is 0 Å². The second-order valence-electron chi connectivity index (χ2n) is 16.4. The van der Waals surface area contributed by atoms with Gasteiger partial charge in [-0.3, -0.25) is 18.6 Å². The van der Waals surface area contributed by atoms with Crippen molar-refractivity contribution in [2.75, 3.05) is 26.4 Å². The molecule has 0 aliphatic rings. The zero-order valence-electron chi connectivity index (χ0n) is 40.7. The van der Waals surface area contributed by atoms with E-state index in [9.17, 15) is 24.2 Å². The molecule has 0 radical (unpaired) electrons. The predicted octanol–water partition coefficient (Wildman–Crippen LogP) is 14.3. The second-order valence-corrected chi connectivity index (χ2v) is 17.9. The van der Waals surface area contributed by atoms with Gasteiger partial charge in [-0.2, -0.15) is 0 Å². The average molecular weight is 931 g/mol. The number of hydrogen-bond donors (Lipinski definition) is 3. The number of aliphatic hydroxyl groups is 2. The molecule has 3 N–H and O–H groups in total. The summed E-state index contributed by atoms with van der Waals surface area (Å²) >= 11 is 0. The standard InChI is InChI=1S/C54H91O10P/c1-3-5-7-9-11-13-15-17-19-21-23-25-27-29-31-33-35-37-39-41-43-45-53(57)61-49-52(50-63-65(59,60)62-48-51(56)47-55)64-54(58)46-44-42-40-38-36-34-32-30-28-26-24-22-20-18-16-14-12-10-8-6-4-2/h5-8,11-14,17-20,23-26,51-52,55-56H,3-4,9-10,15-16,21-22,27-50H2,1-2H3,(H,59,60)/b7-5-,8-6-,13-11-,14-12-,19-17-,20-18-,25-23-,26-24-. The van der Waals surface area contributed by atoms with Gasteiger partial charge >= 0.3 is 19.8 Å². The SMILES string of the molecule is CC/C=C\C/C=C\C/C=C\C/C=C\CCCCCCCCCCC(=O)OCC(COP(=O)(O)OCC(O)CO)OC(=O)CCCCCCCCCC/C=C\C/C=C\C/C=C\C/C=C\CC. The molecular weight excluding hydrogens is 840 g/mol. The van der Waals surface area contributed by atoms with E-state index in [2.05, 4.69) is 111 Å². The minimum Gasteiger partial charge on any atom is -0.462 e. The van der Waals surface area contributed by atoms with E-state index < -0.39 is 51.8 Å². The van der Waals surface area contributed by atoms with Gasteiger partial charge in [-0.15, -0.1) is 0 Å². The van der Waals surface area contributed by atoms with Crippen LogP contribution in [0.5, 0.6) is 0 Å². The highest BCUT2D eigenvalue weighted by Crippen LogP contribution is 2.43. The molecule has 0 saturated carbocycles. The minimum atomic E-state index is -4.64. The molecule has 0 aromatic heterocycles. The summed E-state index contributed by atoms with van der Waals surface area (Å²) in [5, 5.41) is 18.4. The predicted molar refractivity (Wildman–Crippen MR) is 269 cm³/mol. The van der Waals surface area contributed by atoms with Gasteiger partial charge in [0, 0.05) is 12.8 Å². The fraction of sp³-hybridized carbons (Fsp3) is 0.667. The van der Waals surface area contributed by atoms with E-state index in [1.54, 1.807) is 0 Å². The van der Waals surface area contributed by atoms with Crippen molar-refractivity contribution in [2.24, 2.45) is 0 Å². The number of carbonyl (C=O) groups excluding carboxylic acids is 2. The van der Waals surface area contributed by atoms with Crippen molar-refractivity contribution in [2.45, 2.75) is 206 Å². The molecule has 0 aromatic carbocycles. The first-order valence-corrected chi connectivity index (χ1v) is 26.7. The number of ether oxygens (including phenoxy) is 2. The van der Waals surface area contributed by atoms with Crippen LogP contribution in [0.25, 0.3) is 0 Å². The molecule has 0 aromatic rings. The summed E-state index contributed by atoms with van der Waals surface area (Å²) in [5.41, 5.74) is 0. The third-order valence-corrected chi connectivity index (χ3v) is 11.2. The van der Waals surface area contributed by atoms with Crippen molar-refractivity contribution >= 4 is 19.8 Å². The number of phosphoric ester groups is 1. The van der Waals surface area contributed by atoms with Gasteiger partial charge in [0.15, 0.2) is 6.10 Å². The van der Waals surface area contributed by atoms with E-state index in [4.69, 9.17) is 23.6 Å². The number of phosphoric acid groups is 1. The van der Waals surface area contributed by atoms with E-state index in [0.29, 0.717) is 12.8 Å². The summed E-state index contributed by atoms with van der Waals surface area (Å²) in [6.45, 7) is 2.14. The highest BCUT2D eigenvalue weighted by Gasteiger charge is 2.27. The molecule has 0 rings (SSSR count). The molecule has 0 saturated heterocycles. The molecular formula is C54H91O10P. The Morgan fingerprint density at radius 2 is 0.800 bits per heavy atom. The van der Waals surface area contributed by atoms with E-state index in [1.165, 1.54) is 44.9 Å². The molecule has 0 amide bonds. The van der Waals surface area contributed by atoms with E-state index in [0.717, 1.165) is 109 Å². The lowest BCUT2D eigenvalue weighted by molar-refractivity contribution is -0.161. The summed E-state index contributed by atoms with van der Waals surface area (Å²) < 4.78 is 32.9. The van der Waals surface area contributed by atoms with Gasteiger partial charge in [-0.05, 0) is 89.9 Å². The van der Waals surface area contributed by atoms with E-state index in [1.807, 2.05) is 0 Å². The van der Waals surface area contributed by atoms with Crippen LogP contribution in [0.1, 0.15) is 194 Å². The van der Waals surface area contributed by atoms with Gasteiger partial charge in [0.2, 0.25) is 0 Å². The van der Waals surface area contributed by atoms with Crippen molar-refractivity contribution in [1.29, 1.82) is 0 Å². The number of esters is 2. The molecule has 0 heterocycles. The summed E-state index contributed by atoms with van der Waals surface area (Å²) in [7, 11) is -4.64. The van der Waals surface area contributed by atoms with Crippen LogP contribution in [0, 0.1) is 0 Å². The van der Waals surface area contributed by atoms with Crippen LogP contribution in [-0.4, -0.2) is 65.7 Å². The van der Waals surface area contributed by atoms with Crippen LogP contribution in [0.2, 0.25) is 0 Å². The Balaban J connectivity index is 4.24. The van der Waals surface area contributed by atoms with Crippen molar-refractivity contribution in [3.05, 3.63) is 97.2 Å². The lowest BCUT2D eigenvalue weighted by Gasteiger charge is -2.20. The lowest BCUT2D eigenvalue weighted by atomic mass is 10.1. The van der Waals surface area contributed by atoms with Gasteiger partial charge < -0.3 is 24.6 Å². The Morgan fingerprint density at radius 3 is 1.20 bits per heavy atom. The first-order valence-electron chi connectivity index (χ1n) is 25.2. The maximum absolute atomic E-state index is 12.7. The Kier molecular flexibility index (Phi) is 46.5. The zero-order valence-corrected chi connectivity index (χ0v) is 41.6.